The van der Waals surface area contributed by atoms with Gasteiger partial charge in [0.2, 0.25) is 12.7 Å². The van der Waals surface area contributed by atoms with Gasteiger partial charge < -0.3 is 14.0 Å². The number of phosphoric ester groups is 1. The molecular weight excluding hydrogens is 659 g/mol. The van der Waals surface area contributed by atoms with Crippen molar-refractivity contribution in [3.05, 3.63) is 155 Å². The van der Waals surface area contributed by atoms with E-state index in [0.717, 1.165) is 22.3 Å². The van der Waals surface area contributed by atoms with Gasteiger partial charge in [0.15, 0.2) is 5.76 Å². The van der Waals surface area contributed by atoms with Crippen LogP contribution in [0.3, 0.4) is 0 Å². The third-order valence-corrected chi connectivity index (χ3v) is 8.66. The minimum atomic E-state index is -4.13. The second-order valence-corrected chi connectivity index (χ2v) is 12.7. The molecule has 0 atom stereocenters. The van der Waals surface area contributed by atoms with Crippen LogP contribution in [0, 0.1) is 0 Å². The Labute approximate surface area is 289 Å². The molecule has 0 fully saturated rings. The highest BCUT2D eigenvalue weighted by Crippen LogP contribution is 2.51. The average molecular weight is 695 g/mol. The van der Waals surface area contributed by atoms with Gasteiger partial charge in [-0.25, -0.2) is 18.9 Å². The molecule has 0 radical (unpaired) electrons. The normalized spacial score (nSPS) is 12.9. The molecule has 2 aromatic heterocycles. The van der Waals surface area contributed by atoms with Crippen LogP contribution in [0.1, 0.15) is 40.1 Å². The Morgan fingerprint density at radius 1 is 0.780 bits per heavy atom. The van der Waals surface area contributed by atoms with E-state index in [1.165, 1.54) is 0 Å². The zero-order valence-corrected chi connectivity index (χ0v) is 27.9. The van der Waals surface area contributed by atoms with Crippen molar-refractivity contribution in [2.24, 2.45) is 4.99 Å². The molecule has 0 unspecified atom stereocenters. The Bertz CT molecular complexity index is 1890. The lowest BCUT2D eigenvalue weighted by atomic mass is 10.1. The van der Waals surface area contributed by atoms with E-state index in [4.69, 9.17) is 27.6 Å². The van der Waals surface area contributed by atoms with Crippen LogP contribution >= 0.6 is 7.82 Å². The summed E-state index contributed by atoms with van der Waals surface area (Å²) in [5.74, 6) is 1.27. The first-order valence-corrected chi connectivity index (χ1v) is 17.4. The summed E-state index contributed by atoms with van der Waals surface area (Å²) in [5, 5.41) is 6.85. The highest BCUT2D eigenvalue weighted by molar-refractivity contribution is 7.48. The number of rotatable bonds is 15. The number of carbonyl (C=O) groups excluding carboxylic acids is 1. The first-order chi connectivity index (χ1) is 24.5. The number of pyridine rings is 1. The van der Waals surface area contributed by atoms with Crippen molar-refractivity contribution >= 4 is 25.3 Å². The Kier molecular flexibility index (Phi) is 11.9. The average Bonchev–Trinajstić information content (AvgIpc) is 3.62. The third kappa shape index (κ3) is 10.3. The SMILES string of the molecule is O=C(NC1=NCCC=C1c1cc(Cc2ccc(COc3ccccn3)cc2)no1)OCOP(=O)(OCc1ccccc1)OCc1ccccc1. The van der Waals surface area contributed by atoms with Crippen molar-refractivity contribution in [2.45, 2.75) is 32.7 Å². The first-order valence-electron chi connectivity index (χ1n) is 15.9. The smallest absolute Gasteiger partial charge is 0.473 e. The first kappa shape index (κ1) is 34.5. The van der Waals surface area contributed by atoms with Gasteiger partial charge in [0, 0.05) is 31.3 Å². The quantitative estimate of drug-likeness (QED) is 0.0857. The Balaban J connectivity index is 1.00. The number of nitrogens with zero attached hydrogens (tertiary/aromatic N) is 3. The van der Waals surface area contributed by atoms with Crippen LogP contribution in [0.25, 0.3) is 5.57 Å². The Morgan fingerprint density at radius 3 is 2.12 bits per heavy atom. The summed E-state index contributed by atoms with van der Waals surface area (Å²) in [5.41, 5.74) is 4.86. The topological polar surface area (TPSA) is 144 Å². The molecule has 0 saturated carbocycles. The molecule has 3 aromatic carbocycles. The number of dihydropyridines is 1. The fraction of sp³-hybridized carbons (Fsp3) is 0.189. The molecule has 13 heteroatoms. The lowest BCUT2D eigenvalue weighted by molar-refractivity contribution is 0.0191. The van der Waals surface area contributed by atoms with Gasteiger partial charge >= 0.3 is 13.9 Å². The maximum absolute atomic E-state index is 13.5. The maximum Gasteiger partial charge on any atom is 0.478 e. The maximum atomic E-state index is 13.5. The van der Waals surface area contributed by atoms with Crippen molar-refractivity contribution < 1.29 is 36.9 Å². The highest BCUT2D eigenvalue weighted by atomic mass is 31.2. The molecule has 3 heterocycles. The van der Waals surface area contributed by atoms with Crippen LogP contribution in [-0.4, -0.2) is 35.4 Å². The molecule has 5 aromatic rings. The van der Waals surface area contributed by atoms with E-state index in [1.54, 1.807) is 6.20 Å². The molecule has 0 aliphatic carbocycles. The van der Waals surface area contributed by atoms with Gasteiger partial charge in [0.05, 0.1) is 24.5 Å². The second-order valence-electron chi connectivity index (χ2n) is 11.0. The molecule has 256 valence electrons. The van der Waals surface area contributed by atoms with E-state index in [-0.39, 0.29) is 19.0 Å². The summed E-state index contributed by atoms with van der Waals surface area (Å²) in [4.78, 5) is 21.4. The number of amidine groups is 1. The largest absolute Gasteiger partial charge is 0.478 e. The summed E-state index contributed by atoms with van der Waals surface area (Å²) < 4.78 is 46.5. The second kappa shape index (κ2) is 17.3. The number of phosphoric acid groups is 1. The van der Waals surface area contributed by atoms with Gasteiger partial charge in [-0.2, -0.15) is 0 Å². The van der Waals surface area contributed by atoms with Crippen molar-refractivity contribution in [3.8, 4) is 5.88 Å². The molecule has 50 heavy (non-hydrogen) atoms. The van der Waals surface area contributed by atoms with E-state index in [2.05, 4.69) is 20.4 Å². The molecular formula is C37H35N4O8P. The van der Waals surface area contributed by atoms with Crippen LogP contribution in [0.4, 0.5) is 4.79 Å². The summed E-state index contributed by atoms with van der Waals surface area (Å²) in [6.45, 7) is 0.112. The van der Waals surface area contributed by atoms with Crippen LogP contribution < -0.4 is 10.1 Å². The van der Waals surface area contributed by atoms with E-state index in [1.807, 2.05) is 115 Å². The number of aliphatic imine (C=N–C) groups is 1. The van der Waals surface area contributed by atoms with E-state index < -0.39 is 20.7 Å². The number of amides is 1. The van der Waals surface area contributed by atoms with Crippen LogP contribution in [0.5, 0.6) is 5.88 Å². The van der Waals surface area contributed by atoms with Gasteiger partial charge in [0.1, 0.15) is 12.4 Å². The van der Waals surface area contributed by atoms with Crippen molar-refractivity contribution in [1.82, 2.24) is 15.5 Å². The minimum Gasteiger partial charge on any atom is -0.473 e. The number of carbonyl (C=O) groups is 1. The molecule has 1 amide bonds. The van der Waals surface area contributed by atoms with Crippen LogP contribution in [-0.2, 0) is 49.1 Å². The molecule has 0 saturated heterocycles. The van der Waals surface area contributed by atoms with Gasteiger partial charge in [-0.1, -0.05) is 102 Å². The minimum absolute atomic E-state index is 0.0316. The standard InChI is InChI=1S/C37H35N4O8P/c42-37(45-27-48-50(43,46-25-29-10-3-1-4-11-29)47-26-30-12-5-2-6-13-30)40-36-33(14-9-21-39-36)34-23-32(41-49-34)22-28-16-18-31(19-17-28)24-44-35-15-7-8-20-38-35/h1-8,10-20,23H,9,21-22,24-27H2,(H,39,40,42). The molecule has 12 nitrogen and oxygen atoms in total. The number of alkyl carbamates (subject to hydrolysis) is 1. The molecule has 1 aliphatic rings. The Hall–Kier alpha value is -5.39. The summed E-state index contributed by atoms with van der Waals surface area (Å²) in [6, 6.07) is 33.7. The lowest BCUT2D eigenvalue weighted by Crippen LogP contribution is -2.33. The number of hydrogen-bond donors (Lipinski definition) is 1. The van der Waals surface area contributed by atoms with Gasteiger partial charge in [0.25, 0.3) is 0 Å². The number of aromatic nitrogens is 2. The van der Waals surface area contributed by atoms with E-state index in [0.29, 0.717) is 48.9 Å². The highest BCUT2D eigenvalue weighted by Gasteiger charge is 2.28. The number of nitrogens with one attached hydrogen (secondary N) is 1. The van der Waals surface area contributed by atoms with Gasteiger partial charge in [-0.05, 0) is 34.7 Å². The molecule has 1 aliphatic heterocycles. The summed E-state index contributed by atoms with van der Waals surface area (Å²) in [7, 11) is -4.13. The zero-order chi connectivity index (χ0) is 34.4. The molecule has 0 bridgehead atoms. The zero-order valence-electron chi connectivity index (χ0n) is 27.1. The number of ether oxygens (including phenoxy) is 2. The van der Waals surface area contributed by atoms with Crippen molar-refractivity contribution in [1.29, 1.82) is 0 Å². The lowest BCUT2D eigenvalue weighted by Gasteiger charge is -2.19. The molecule has 1 N–H and O–H groups in total. The number of hydrogen-bond acceptors (Lipinski definition) is 11. The molecule has 6 rings (SSSR count). The van der Waals surface area contributed by atoms with Gasteiger partial charge in [-0.3, -0.25) is 19.4 Å². The van der Waals surface area contributed by atoms with Crippen LogP contribution in [0.2, 0.25) is 0 Å². The molecule has 0 spiro atoms. The van der Waals surface area contributed by atoms with Crippen molar-refractivity contribution in [3.63, 3.8) is 0 Å². The fourth-order valence-electron chi connectivity index (χ4n) is 4.81. The predicted molar refractivity (Wildman–Crippen MR) is 185 cm³/mol. The number of benzene rings is 3. The predicted octanol–water partition coefficient (Wildman–Crippen LogP) is 7.67. The van der Waals surface area contributed by atoms with E-state index in [9.17, 15) is 9.36 Å². The Morgan fingerprint density at radius 2 is 1.44 bits per heavy atom. The van der Waals surface area contributed by atoms with E-state index >= 15 is 0 Å². The fourth-order valence-corrected chi connectivity index (χ4v) is 5.83. The third-order valence-electron chi connectivity index (χ3n) is 7.35. The summed E-state index contributed by atoms with van der Waals surface area (Å²) in [6.07, 6.45) is 3.91. The summed E-state index contributed by atoms with van der Waals surface area (Å²) >= 11 is 0. The van der Waals surface area contributed by atoms with Gasteiger partial charge in [-0.15, -0.1) is 0 Å². The van der Waals surface area contributed by atoms with Crippen LogP contribution in [0.15, 0.2) is 131 Å². The monoisotopic (exact) mass is 694 g/mol. The van der Waals surface area contributed by atoms with Crippen molar-refractivity contribution in [2.75, 3.05) is 13.3 Å².